The number of likely N-dealkylation sites (N-methyl/N-ethyl adjacent to an activating group) is 1. The van der Waals surface area contributed by atoms with Crippen LogP contribution in [0, 0.1) is 5.92 Å². The van der Waals surface area contributed by atoms with Crippen LogP contribution in [0.3, 0.4) is 0 Å². The number of hydrogen-bond acceptors (Lipinski definition) is 4. The molecule has 0 aromatic heterocycles. The summed E-state index contributed by atoms with van der Waals surface area (Å²) in [6, 6.07) is 0. The number of thioether (sulfide) groups is 2. The number of hydrogen-bond donors (Lipinski definition) is 0. The van der Waals surface area contributed by atoms with Gasteiger partial charge in [-0.15, -0.1) is 23.5 Å². The summed E-state index contributed by atoms with van der Waals surface area (Å²) in [5.41, 5.74) is 0. The molecular formula is C11H19NOS2. The van der Waals surface area contributed by atoms with Gasteiger partial charge in [0.05, 0.1) is 9.96 Å². The van der Waals surface area contributed by atoms with Gasteiger partial charge in [-0.25, -0.2) is 0 Å². The average molecular weight is 245 g/mol. The SMILES string of the molecule is CCN1C2OC2C(CC(C)C)S[C@@H]2SC21. The fourth-order valence-electron chi connectivity index (χ4n) is 2.49. The molecular weight excluding hydrogens is 226 g/mol. The molecule has 3 heterocycles. The fourth-order valence-corrected chi connectivity index (χ4v) is 5.96. The monoisotopic (exact) mass is 245 g/mol. The molecule has 3 aliphatic rings. The molecule has 0 aromatic rings. The molecule has 0 radical (unpaired) electrons. The first-order valence-corrected chi connectivity index (χ1v) is 7.81. The molecule has 0 amide bonds. The fraction of sp³-hybridized carbons (Fsp3) is 1.00. The zero-order valence-corrected chi connectivity index (χ0v) is 11.2. The molecule has 0 saturated carbocycles. The molecule has 86 valence electrons. The van der Waals surface area contributed by atoms with Crippen molar-refractivity contribution < 1.29 is 4.74 Å². The first-order valence-electron chi connectivity index (χ1n) is 5.93. The van der Waals surface area contributed by atoms with Gasteiger partial charge in [-0.3, -0.25) is 4.90 Å². The molecule has 4 unspecified atom stereocenters. The second-order valence-electron chi connectivity index (χ2n) is 5.02. The number of epoxide rings is 1. The van der Waals surface area contributed by atoms with Crippen LogP contribution in [0.15, 0.2) is 0 Å². The highest BCUT2D eigenvalue weighted by Crippen LogP contribution is 2.59. The first kappa shape index (κ1) is 10.8. The molecule has 0 aromatic carbocycles. The average Bonchev–Trinajstić information content (AvgIpc) is 2.98. The van der Waals surface area contributed by atoms with Crippen LogP contribution in [-0.4, -0.2) is 39.0 Å². The van der Waals surface area contributed by atoms with E-state index in [0.717, 1.165) is 27.7 Å². The Balaban J connectivity index is 1.69. The van der Waals surface area contributed by atoms with Crippen LogP contribution in [-0.2, 0) is 4.74 Å². The summed E-state index contributed by atoms with van der Waals surface area (Å²) in [6.45, 7) is 8.03. The Bertz CT molecular complexity index is 261. The van der Waals surface area contributed by atoms with Gasteiger partial charge in [0, 0.05) is 5.25 Å². The summed E-state index contributed by atoms with van der Waals surface area (Å²) in [5, 5.41) is 1.50. The highest BCUT2D eigenvalue weighted by molar-refractivity contribution is 8.24. The summed E-state index contributed by atoms with van der Waals surface area (Å²) in [7, 11) is 0. The van der Waals surface area contributed by atoms with Crippen molar-refractivity contribution in [3.05, 3.63) is 0 Å². The number of ether oxygens (including phenoxy) is 1. The van der Waals surface area contributed by atoms with Gasteiger partial charge in [-0.1, -0.05) is 20.8 Å². The van der Waals surface area contributed by atoms with E-state index in [4.69, 9.17) is 4.74 Å². The van der Waals surface area contributed by atoms with Crippen LogP contribution in [0.25, 0.3) is 0 Å². The van der Waals surface area contributed by atoms with Gasteiger partial charge in [-0.2, -0.15) is 0 Å². The molecule has 3 fully saturated rings. The van der Waals surface area contributed by atoms with Gasteiger partial charge >= 0.3 is 0 Å². The Hall–Kier alpha value is 0.620. The minimum atomic E-state index is 0.455. The van der Waals surface area contributed by atoms with Crippen molar-refractivity contribution in [3.8, 4) is 0 Å². The first-order chi connectivity index (χ1) is 7.20. The highest BCUT2D eigenvalue weighted by atomic mass is 32.2. The second kappa shape index (κ2) is 3.83. The van der Waals surface area contributed by atoms with Crippen LogP contribution < -0.4 is 0 Å². The molecule has 3 saturated heterocycles. The lowest BCUT2D eigenvalue weighted by atomic mass is 10.1. The summed E-state index contributed by atoms with van der Waals surface area (Å²) >= 11 is 4.29. The minimum Gasteiger partial charge on any atom is -0.352 e. The van der Waals surface area contributed by atoms with Gasteiger partial charge in [0.25, 0.3) is 0 Å². The van der Waals surface area contributed by atoms with E-state index >= 15 is 0 Å². The molecule has 0 spiro atoms. The van der Waals surface area contributed by atoms with Crippen molar-refractivity contribution in [1.29, 1.82) is 0 Å². The van der Waals surface area contributed by atoms with Gasteiger partial charge in [0.15, 0.2) is 0 Å². The lowest BCUT2D eigenvalue weighted by molar-refractivity contribution is 0.185. The van der Waals surface area contributed by atoms with Crippen LogP contribution in [0.4, 0.5) is 0 Å². The summed E-state index contributed by atoms with van der Waals surface area (Å²) < 4.78 is 6.70. The normalized spacial score (nSPS) is 48.4. The highest BCUT2D eigenvalue weighted by Gasteiger charge is 2.60. The zero-order valence-electron chi connectivity index (χ0n) is 9.55. The van der Waals surface area contributed by atoms with Gasteiger partial charge < -0.3 is 4.74 Å². The maximum absolute atomic E-state index is 5.86. The Labute approximate surface area is 100 Å². The molecule has 0 N–H and O–H groups in total. The van der Waals surface area contributed by atoms with Crippen LogP contribution >= 0.6 is 23.5 Å². The van der Waals surface area contributed by atoms with Crippen molar-refractivity contribution in [2.45, 2.75) is 54.7 Å². The minimum absolute atomic E-state index is 0.455. The molecule has 15 heavy (non-hydrogen) atoms. The molecule has 5 atom stereocenters. The Morgan fingerprint density at radius 3 is 2.80 bits per heavy atom. The Morgan fingerprint density at radius 1 is 1.33 bits per heavy atom. The van der Waals surface area contributed by atoms with Crippen molar-refractivity contribution in [1.82, 2.24) is 4.90 Å². The van der Waals surface area contributed by atoms with Crippen LogP contribution in [0.1, 0.15) is 27.2 Å². The summed E-state index contributed by atoms with van der Waals surface area (Å²) in [5.74, 6) is 0.794. The second-order valence-corrected chi connectivity index (χ2v) is 7.97. The topological polar surface area (TPSA) is 15.8 Å². The van der Waals surface area contributed by atoms with Crippen LogP contribution in [0.2, 0.25) is 0 Å². The van der Waals surface area contributed by atoms with E-state index in [9.17, 15) is 0 Å². The lowest BCUT2D eigenvalue weighted by Crippen LogP contribution is -2.31. The van der Waals surface area contributed by atoms with E-state index in [1.807, 2.05) is 0 Å². The van der Waals surface area contributed by atoms with Crippen molar-refractivity contribution >= 4 is 23.5 Å². The Kier molecular flexibility index (Phi) is 2.74. The van der Waals surface area contributed by atoms with Crippen molar-refractivity contribution in [3.63, 3.8) is 0 Å². The molecule has 2 nitrogen and oxygen atoms in total. The van der Waals surface area contributed by atoms with Gasteiger partial charge in [-0.05, 0) is 18.9 Å². The predicted molar refractivity (Wildman–Crippen MR) is 67.0 cm³/mol. The zero-order chi connectivity index (χ0) is 10.6. The van der Waals surface area contributed by atoms with Gasteiger partial charge in [0.2, 0.25) is 0 Å². The molecule has 3 aliphatic heterocycles. The van der Waals surface area contributed by atoms with E-state index < -0.39 is 0 Å². The number of nitrogens with zero attached hydrogens (tertiary/aromatic N) is 1. The Morgan fingerprint density at radius 2 is 2.13 bits per heavy atom. The third-order valence-electron chi connectivity index (χ3n) is 3.33. The molecule has 3 rings (SSSR count). The quantitative estimate of drug-likeness (QED) is 0.710. The number of rotatable bonds is 3. The van der Waals surface area contributed by atoms with Gasteiger partial charge in [0.1, 0.15) is 12.3 Å². The maximum Gasteiger partial charge on any atom is 0.139 e. The lowest BCUT2D eigenvalue weighted by Gasteiger charge is -2.15. The molecule has 0 bridgehead atoms. The van der Waals surface area contributed by atoms with E-state index in [1.54, 1.807) is 0 Å². The molecule has 4 heteroatoms. The van der Waals surface area contributed by atoms with Crippen molar-refractivity contribution in [2.75, 3.05) is 6.54 Å². The van der Waals surface area contributed by atoms with E-state index in [0.29, 0.717) is 12.3 Å². The summed E-state index contributed by atoms with van der Waals surface area (Å²) in [4.78, 5) is 2.55. The standard InChI is InChI=1S/C11H19NOS2/c1-4-12-9-8(13-9)7(5-6(2)3)14-11-10(12)15-11/h6-11H,4-5H2,1-3H3/t7?,8?,9?,10?,11-/m1/s1. The third-order valence-corrected chi connectivity index (χ3v) is 6.54. The van der Waals surface area contributed by atoms with E-state index in [2.05, 4.69) is 49.2 Å². The smallest absolute Gasteiger partial charge is 0.139 e. The number of fused-ring (bicyclic) bond motifs is 2. The maximum atomic E-state index is 5.86. The largest absolute Gasteiger partial charge is 0.352 e. The molecule has 0 aliphatic carbocycles. The van der Waals surface area contributed by atoms with Crippen LogP contribution in [0.5, 0.6) is 0 Å². The predicted octanol–water partition coefficient (Wildman–Crippen LogP) is 2.59. The summed E-state index contributed by atoms with van der Waals surface area (Å²) in [6.07, 6.45) is 2.30. The van der Waals surface area contributed by atoms with Crippen molar-refractivity contribution in [2.24, 2.45) is 5.92 Å². The van der Waals surface area contributed by atoms with E-state index in [1.165, 1.54) is 6.42 Å². The van der Waals surface area contributed by atoms with E-state index in [-0.39, 0.29) is 0 Å². The third kappa shape index (κ3) is 1.94.